The Bertz CT molecular complexity index is 338. The van der Waals surface area contributed by atoms with Gasteiger partial charge >= 0.3 is 5.97 Å². The quantitative estimate of drug-likeness (QED) is 0.600. The molecule has 3 heteroatoms. The van der Waals surface area contributed by atoms with Gasteiger partial charge in [-0.1, -0.05) is 29.8 Å². The molecule has 0 unspecified atom stereocenters. The predicted molar refractivity (Wildman–Crippen MR) is 58.3 cm³/mol. The van der Waals surface area contributed by atoms with Crippen LogP contribution in [0.4, 0.5) is 0 Å². The molecular weight excluding hydrogens is 192 g/mol. The smallest absolute Gasteiger partial charge is 0.330 e. The first-order valence-electron chi connectivity index (χ1n) is 4.75. The summed E-state index contributed by atoms with van der Waals surface area (Å²) in [4.78, 5) is 11.0. The van der Waals surface area contributed by atoms with Gasteiger partial charge < -0.3 is 9.84 Å². The maximum Gasteiger partial charge on any atom is 0.330 e. The Morgan fingerprint density at radius 3 is 2.67 bits per heavy atom. The molecular formula is C12H14O3. The van der Waals surface area contributed by atoms with Crippen molar-refractivity contribution in [3.8, 4) is 0 Å². The normalized spacial score (nSPS) is 10.5. The molecule has 0 aromatic heterocycles. The average Bonchev–Trinajstić information content (AvgIpc) is 2.25. The van der Waals surface area contributed by atoms with E-state index in [1.54, 1.807) is 6.08 Å². The second-order valence-electron chi connectivity index (χ2n) is 3.14. The number of ether oxygens (including phenoxy) is 1. The summed E-state index contributed by atoms with van der Waals surface area (Å²) in [6.07, 6.45) is 3.03. The highest BCUT2D eigenvalue weighted by atomic mass is 16.5. The fourth-order valence-electron chi connectivity index (χ4n) is 1.04. The molecule has 0 aliphatic carbocycles. The molecule has 3 nitrogen and oxygen atoms in total. The second kappa shape index (κ2) is 5.98. The number of aliphatic hydroxyl groups is 1. The monoisotopic (exact) mass is 206 g/mol. The molecule has 1 aromatic carbocycles. The topological polar surface area (TPSA) is 46.5 Å². The van der Waals surface area contributed by atoms with Crippen LogP contribution < -0.4 is 0 Å². The van der Waals surface area contributed by atoms with Crippen LogP contribution in [-0.4, -0.2) is 24.3 Å². The van der Waals surface area contributed by atoms with Gasteiger partial charge in [0.2, 0.25) is 0 Å². The molecule has 15 heavy (non-hydrogen) atoms. The summed E-state index contributed by atoms with van der Waals surface area (Å²) in [5, 5.41) is 8.43. The number of aryl methyl sites for hydroxylation is 1. The van der Waals surface area contributed by atoms with E-state index in [2.05, 4.69) is 4.74 Å². The van der Waals surface area contributed by atoms with Crippen molar-refractivity contribution in [3.63, 3.8) is 0 Å². The third-order valence-electron chi connectivity index (χ3n) is 1.82. The standard InChI is InChI=1S/C12H14O3/c1-10-2-4-11(5-3-10)6-7-12(14)15-9-8-13/h2-7,13H,8-9H2,1H3/b7-6+. The van der Waals surface area contributed by atoms with Crippen molar-refractivity contribution in [1.29, 1.82) is 0 Å². The van der Waals surface area contributed by atoms with E-state index in [0.29, 0.717) is 0 Å². The van der Waals surface area contributed by atoms with Crippen LogP contribution >= 0.6 is 0 Å². The van der Waals surface area contributed by atoms with E-state index in [0.717, 1.165) is 5.56 Å². The zero-order valence-electron chi connectivity index (χ0n) is 8.64. The van der Waals surface area contributed by atoms with Crippen LogP contribution in [0.2, 0.25) is 0 Å². The van der Waals surface area contributed by atoms with E-state index in [4.69, 9.17) is 5.11 Å². The second-order valence-corrected chi connectivity index (χ2v) is 3.14. The lowest BCUT2D eigenvalue weighted by Gasteiger charge is -1.97. The number of benzene rings is 1. The summed E-state index contributed by atoms with van der Waals surface area (Å²) < 4.78 is 4.66. The summed E-state index contributed by atoms with van der Waals surface area (Å²) in [5.74, 6) is -0.440. The molecule has 1 N–H and O–H groups in total. The molecule has 0 bridgehead atoms. The molecule has 0 saturated heterocycles. The fourth-order valence-corrected chi connectivity index (χ4v) is 1.04. The Hall–Kier alpha value is -1.61. The van der Waals surface area contributed by atoms with Gasteiger partial charge in [-0.25, -0.2) is 4.79 Å². The number of hydrogen-bond acceptors (Lipinski definition) is 3. The Balaban J connectivity index is 2.50. The van der Waals surface area contributed by atoms with Gasteiger partial charge in [0.05, 0.1) is 6.61 Å². The van der Waals surface area contributed by atoms with Gasteiger partial charge in [-0.2, -0.15) is 0 Å². The highest BCUT2D eigenvalue weighted by Gasteiger charge is 1.94. The van der Waals surface area contributed by atoms with Crippen LogP contribution in [0.3, 0.4) is 0 Å². The third kappa shape index (κ3) is 4.42. The van der Waals surface area contributed by atoms with Gasteiger partial charge in [-0.05, 0) is 18.6 Å². The minimum Gasteiger partial charge on any atom is -0.460 e. The summed E-state index contributed by atoms with van der Waals surface area (Å²) in [5.41, 5.74) is 2.12. The minimum atomic E-state index is -0.440. The van der Waals surface area contributed by atoms with Gasteiger partial charge in [0.25, 0.3) is 0 Å². The molecule has 0 spiro atoms. The van der Waals surface area contributed by atoms with Gasteiger partial charge in [-0.15, -0.1) is 0 Å². The van der Waals surface area contributed by atoms with Crippen LogP contribution in [0.1, 0.15) is 11.1 Å². The number of esters is 1. The number of hydrogen-bond donors (Lipinski definition) is 1. The third-order valence-corrected chi connectivity index (χ3v) is 1.82. The summed E-state index contributed by atoms with van der Waals surface area (Å²) in [6.45, 7) is 1.89. The van der Waals surface area contributed by atoms with E-state index < -0.39 is 5.97 Å². The van der Waals surface area contributed by atoms with Crippen LogP contribution in [-0.2, 0) is 9.53 Å². The maximum atomic E-state index is 11.0. The molecule has 0 fully saturated rings. The van der Waals surface area contributed by atoms with Gasteiger partial charge in [0, 0.05) is 6.08 Å². The Labute approximate surface area is 89.0 Å². The zero-order chi connectivity index (χ0) is 11.1. The molecule has 1 aromatic rings. The molecule has 0 heterocycles. The van der Waals surface area contributed by atoms with Crippen molar-refractivity contribution in [2.45, 2.75) is 6.92 Å². The van der Waals surface area contributed by atoms with Gasteiger partial charge in [0.15, 0.2) is 0 Å². The van der Waals surface area contributed by atoms with E-state index >= 15 is 0 Å². The summed E-state index contributed by atoms with van der Waals surface area (Å²) in [6, 6.07) is 7.79. The Kier molecular flexibility index (Phi) is 4.57. The van der Waals surface area contributed by atoms with Crippen molar-refractivity contribution in [2.75, 3.05) is 13.2 Å². The fraction of sp³-hybridized carbons (Fsp3) is 0.250. The number of rotatable bonds is 4. The highest BCUT2D eigenvalue weighted by molar-refractivity contribution is 5.87. The maximum absolute atomic E-state index is 11.0. The van der Waals surface area contributed by atoms with Crippen molar-refractivity contribution >= 4 is 12.0 Å². The molecule has 1 rings (SSSR count). The van der Waals surface area contributed by atoms with Crippen molar-refractivity contribution in [1.82, 2.24) is 0 Å². The lowest BCUT2D eigenvalue weighted by Crippen LogP contribution is -2.04. The SMILES string of the molecule is Cc1ccc(/C=C/C(=O)OCCO)cc1. The van der Waals surface area contributed by atoms with Crippen molar-refractivity contribution in [3.05, 3.63) is 41.5 Å². The number of aliphatic hydroxyl groups excluding tert-OH is 1. The molecule has 0 amide bonds. The predicted octanol–water partition coefficient (Wildman–Crippen LogP) is 1.54. The van der Waals surface area contributed by atoms with Crippen LogP contribution in [0.25, 0.3) is 6.08 Å². The van der Waals surface area contributed by atoms with E-state index in [1.807, 2.05) is 31.2 Å². The summed E-state index contributed by atoms with van der Waals surface area (Å²) in [7, 11) is 0. The van der Waals surface area contributed by atoms with E-state index in [1.165, 1.54) is 11.6 Å². The van der Waals surface area contributed by atoms with Crippen LogP contribution in [0.5, 0.6) is 0 Å². The molecule has 0 radical (unpaired) electrons. The highest BCUT2D eigenvalue weighted by Crippen LogP contribution is 2.04. The Morgan fingerprint density at radius 1 is 1.40 bits per heavy atom. The van der Waals surface area contributed by atoms with Crippen molar-refractivity contribution in [2.24, 2.45) is 0 Å². The lowest BCUT2D eigenvalue weighted by atomic mass is 10.1. The largest absolute Gasteiger partial charge is 0.460 e. The summed E-state index contributed by atoms with van der Waals surface area (Å²) >= 11 is 0. The molecule has 0 atom stereocenters. The van der Waals surface area contributed by atoms with Crippen LogP contribution in [0.15, 0.2) is 30.3 Å². The van der Waals surface area contributed by atoms with Gasteiger partial charge in [-0.3, -0.25) is 0 Å². The molecule has 0 saturated carbocycles. The van der Waals surface area contributed by atoms with Crippen LogP contribution in [0, 0.1) is 6.92 Å². The minimum absolute atomic E-state index is 0.0388. The first-order valence-corrected chi connectivity index (χ1v) is 4.75. The van der Waals surface area contributed by atoms with E-state index in [-0.39, 0.29) is 13.2 Å². The first kappa shape index (κ1) is 11.5. The average molecular weight is 206 g/mol. The molecule has 80 valence electrons. The lowest BCUT2D eigenvalue weighted by molar-refractivity contribution is -0.138. The van der Waals surface area contributed by atoms with E-state index in [9.17, 15) is 4.79 Å². The molecule has 0 aliphatic heterocycles. The zero-order valence-corrected chi connectivity index (χ0v) is 8.64. The number of carbonyl (C=O) groups is 1. The van der Waals surface area contributed by atoms with Crippen molar-refractivity contribution < 1.29 is 14.6 Å². The Morgan fingerprint density at radius 2 is 2.07 bits per heavy atom. The molecule has 0 aliphatic rings. The first-order chi connectivity index (χ1) is 7.22. The number of carbonyl (C=O) groups excluding carboxylic acids is 1. The van der Waals surface area contributed by atoms with Gasteiger partial charge in [0.1, 0.15) is 6.61 Å².